The average Bonchev–Trinajstić information content (AvgIpc) is 2.12. The van der Waals surface area contributed by atoms with E-state index in [4.69, 9.17) is 5.11 Å². The molecule has 64 valence electrons. The standard InChI is InChI=1S/C5H7F3N2O/c1-10-4(11,2-3-9-10)5(6,7)8/h3,11H,2H2,1H3. The number of hydrazone groups is 1. The van der Waals surface area contributed by atoms with E-state index in [0.717, 1.165) is 13.3 Å². The predicted molar refractivity (Wildman–Crippen MR) is 31.9 cm³/mol. The molecule has 0 bridgehead atoms. The Morgan fingerprint density at radius 1 is 1.64 bits per heavy atom. The molecule has 0 saturated carbocycles. The number of alkyl halides is 3. The lowest BCUT2D eigenvalue weighted by atomic mass is 10.1. The van der Waals surface area contributed by atoms with Crippen LogP contribution in [-0.2, 0) is 0 Å². The molecule has 1 aliphatic heterocycles. The van der Waals surface area contributed by atoms with Gasteiger partial charge in [0.2, 0.25) is 0 Å². The van der Waals surface area contributed by atoms with Crippen molar-refractivity contribution < 1.29 is 18.3 Å². The lowest BCUT2D eigenvalue weighted by Gasteiger charge is -2.31. The van der Waals surface area contributed by atoms with Crippen LogP contribution >= 0.6 is 0 Å². The highest BCUT2D eigenvalue weighted by molar-refractivity contribution is 5.60. The average molecular weight is 168 g/mol. The Morgan fingerprint density at radius 2 is 2.18 bits per heavy atom. The molecule has 6 heteroatoms. The molecule has 0 aliphatic carbocycles. The van der Waals surface area contributed by atoms with Crippen molar-refractivity contribution in [3.8, 4) is 0 Å². The Kier molecular flexibility index (Phi) is 1.59. The first-order valence-electron chi connectivity index (χ1n) is 2.93. The molecule has 3 nitrogen and oxygen atoms in total. The molecule has 1 atom stereocenters. The minimum atomic E-state index is -4.65. The van der Waals surface area contributed by atoms with E-state index in [-0.39, 0.29) is 0 Å². The van der Waals surface area contributed by atoms with Gasteiger partial charge in [-0.15, -0.1) is 0 Å². The lowest BCUT2D eigenvalue weighted by Crippen LogP contribution is -2.52. The molecule has 0 spiro atoms. The van der Waals surface area contributed by atoms with Gasteiger partial charge in [-0.2, -0.15) is 18.3 Å². The van der Waals surface area contributed by atoms with E-state index in [0.29, 0.717) is 5.01 Å². The summed E-state index contributed by atoms with van der Waals surface area (Å²) < 4.78 is 36.1. The second kappa shape index (κ2) is 2.10. The summed E-state index contributed by atoms with van der Waals surface area (Å²) in [5.74, 6) is 0. The van der Waals surface area contributed by atoms with Crippen LogP contribution in [-0.4, -0.2) is 35.3 Å². The predicted octanol–water partition coefficient (Wildman–Crippen LogP) is 0.559. The summed E-state index contributed by atoms with van der Waals surface area (Å²) in [7, 11) is 1.08. The molecule has 1 rings (SSSR count). The van der Waals surface area contributed by atoms with Crippen molar-refractivity contribution in [3.05, 3.63) is 0 Å². The van der Waals surface area contributed by atoms with Crippen LogP contribution < -0.4 is 0 Å². The van der Waals surface area contributed by atoms with Gasteiger partial charge in [-0.1, -0.05) is 0 Å². The maximum absolute atomic E-state index is 12.0. The van der Waals surface area contributed by atoms with Gasteiger partial charge >= 0.3 is 6.18 Å². The third kappa shape index (κ3) is 1.07. The Bertz CT molecular complexity index is 191. The van der Waals surface area contributed by atoms with Crippen LogP contribution in [0.2, 0.25) is 0 Å². The zero-order valence-electron chi connectivity index (χ0n) is 5.76. The minimum absolute atomic E-state index is 0.507. The normalized spacial score (nSPS) is 31.5. The van der Waals surface area contributed by atoms with Gasteiger partial charge in [0.05, 0.1) is 0 Å². The second-order valence-corrected chi connectivity index (χ2v) is 2.34. The van der Waals surface area contributed by atoms with E-state index in [2.05, 4.69) is 5.10 Å². The first kappa shape index (κ1) is 8.32. The van der Waals surface area contributed by atoms with E-state index < -0.39 is 18.3 Å². The monoisotopic (exact) mass is 168 g/mol. The Morgan fingerprint density at radius 3 is 2.36 bits per heavy atom. The van der Waals surface area contributed by atoms with Crippen molar-refractivity contribution in [3.63, 3.8) is 0 Å². The van der Waals surface area contributed by atoms with Crippen LogP contribution in [0.5, 0.6) is 0 Å². The second-order valence-electron chi connectivity index (χ2n) is 2.34. The van der Waals surface area contributed by atoms with Gasteiger partial charge in [0.25, 0.3) is 5.72 Å². The third-order valence-electron chi connectivity index (χ3n) is 1.62. The van der Waals surface area contributed by atoms with E-state index in [1.54, 1.807) is 0 Å². The van der Waals surface area contributed by atoms with Crippen molar-refractivity contribution in [2.24, 2.45) is 5.10 Å². The fraction of sp³-hybridized carbons (Fsp3) is 0.800. The maximum atomic E-state index is 12.0. The highest BCUT2D eigenvalue weighted by atomic mass is 19.4. The molecule has 0 amide bonds. The zero-order chi connectivity index (χ0) is 8.70. The van der Waals surface area contributed by atoms with Gasteiger partial charge in [-0.3, -0.25) is 5.01 Å². The number of nitrogens with zero attached hydrogens (tertiary/aromatic N) is 2. The topological polar surface area (TPSA) is 35.8 Å². The van der Waals surface area contributed by atoms with Crippen molar-refractivity contribution in [1.29, 1.82) is 0 Å². The molecule has 0 saturated heterocycles. The number of aliphatic hydroxyl groups is 1. The zero-order valence-corrected chi connectivity index (χ0v) is 5.76. The van der Waals surface area contributed by atoms with Crippen molar-refractivity contribution in [1.82, 2.24) is 5.01 Å². The van der Waals surface area contributed by atoms with Crippen molar-refractivity contribution in [2.45, 2.75) is 18.3 Å². The summed E-state index contributed by atoms with van der Waals surface area (Å²) in [6.45, 7) is 0. The van der Waals surface area contributed by atoms with Crippen LogP contribution in [0.1, 0.15) is 6.42 Å². The Hall–Kier alpha value is -0.780. The summed E-state index contributed by atoms with van der Waals surface area (Å²) in [4.78, 5) is 0. The quantitative estimate of drug-likeness (QED) is 0.573. The Labute approximate surface area is 61.1 Å². The molecular formula is C5H7F3N2O. The van der Waals surface area contributed by atoms with Gasteiger partial charge < -0.3 is 5.11 Å². The molecule has 0 aromatic rings. The molecule has 1 unspecified atom stereocenters. The fourth-order valence-electron chi connectivity index (χ4n) is 0.817. The smallest absolute Gasteiger partial charge is 0.362 e. The Balaban J connectivity index is 2.85. The molecule has 1 aliphatic rings. The molecule has 0 radical (unpaired) electrons. The van der Waals surface area contributed by atoms with Gasteiger partial charge in [-0.25, -0.2) is 0 Å². The summed E-state index contributed by atoms with van der Waals surface area (Å²) in [5, 5.41) is 12.8. The summed E-state index contributed by atoms with van der Waals surface area (Å²) in [5.41, 5.74) is -2.80. The van der Waals surface area contributed by atoms with E-state index in [1.165, 1.54) is 0 Å². The highest BCUT2D eigenvalue weighted by Crippen LogP contribution is 2.37. The van der Waals surface area contributed by atoms with Gasteiger partial charge in [0.15, 0.2) is 0 Å². The van der Waals surface area contributed by atoms with Crippen molar-refractivity contribution >= 4 is 6.21 Å². The van der Waals surface area contributed by atoms with E-state index in [9.17, 15) is 13.2 Å². The molecule has 0 fully saturated rings. The minimum Gasteiger partial charge on any atom is -0.362 e. The fourth-order valence-corrected chi connectivity index (χ4v) is 0.817. The summed E-state index contributed by atoms with van der Waals surface area (Å²) in [6, 6.07) is 0. The van der Waals surface area contributed by atoms with Crippen LogP contribution in [0.4, 0.5) is 13.2 Å². The molecule has 0 aromatic heterocycles. The van der Waals surface area contributed by atoms with Crippen LogP contribution in [0, 0.1) is 0 Å². The number of hydrogen-bond acceptors (Lipinski definition) is 3. The molecule has 0 aromatic carbocycles. The lowest BCUT2D eigenvalue weighted by molar-refractivity contribution is -0.303. The van der Waals surface area contributed by atoms with Gasteiger partial charge in [-0.05, 0) is 0 Å². The van der Waals surface area contributed by atoms with Gasteiger partial charge in [0.1, 0.15) is 0 Å². The van der Waals surface area contributed by atoms with E-state index >= 15 is 0 Å². The molecule has 1 N–H and O–H groups in total. The highest BCUT2D eigenvalue weighted by Gasteiger charge is 2.58. The molecule has 11 heavy (non-hydrogen) atoms. The van der Waals surface area contributed by atoms with Crippen LogP contribution in [0.15, 0.2) is 5.10 Å². The number of rotatable bonds is 0. The number of halogens is 3. The first-order valence-corrected chi connectivity index (χ1v) is 2.93. The first-order chi connectivity index (χ1) is 4.88. The summed E-state index contributed by atoms with van der Waals surface area (Å²) >= 11 is 0. The molecule has 1 heterocycles. The van der Waals surface area contributed by atoms with Crippen LogP contribution in [0.3, 0.4) is 0 Å². The van der Waals surface area contributed by atoms with Crippen LogP contribution in [0.25, 0.3) is 0 Å². The largest absolute Gasteiger partial charge is 0.438 e. The van der Waals surface area contributed by atoms with E-state index in [1.807, 2.05) is 0 Å². The summed E-state index contributed by atoms with van der Waals surface area (Å²) in [6.07, 6.45) is -4.13. The van der Waals surface area contributed by atoms with Gasteiger partial charge in [0, 0.05) is 19.7 Å². The molecular weight excluding hydrogens is 161 g/mol. The maximum Gasteiger partial charge on any atom is 0.438 e. The number of hydrogen-bond donors (Lipinski definition) is 1. The van der Waals surface area contributed by atoms with Crippen molar-refractivity contribution in [2.75, 3.05) is 7.05 Å². The third-order valence-corrected chi connectivity index (χ3v) is 1.62. The SMILES string of the molecule is CN1N=CCC1(O)C(F)(F)F.